The summed E-state index contributed by atoms with van der Waals surface area (Å²) in [6.07, 6.45) is 76.1. The molecule has 0 rings (SSSR count). The van der Waals surface area contributed by atoms with Crippen molar-refractivity contribution in [1.82, 2.24) is 5.32 Å². The summed E-state index contributed by atoms with van der Waals surface area (Å²) in [5.41, 5.74) is 0. The van der Waals surface area contributed by atoms with E-state index in [9.17, 15) is 25.2 Å². The van der Waals surface area contributed by atoms with E-state index in [1.165, 1.54) is 315 Å². The molecule has 4 atom stereocenters. The third kappa shape index (κ3) is 55.6. The van der Waals surface area contributed by atoms with Gasteiger partial charge in [0.1, 0.15) is 12.2 Å². The van der Waals surface area contributed by atoms with Crippen molar-refractivity contribution in [2.45, 2.75) is 404 Å². The molecule has 0 saturated carbocycles. The van der Waals surface area contributed by atoms with Crippen molar-refractivity contribution in [3.05, 3.63) is 12.2 Å². The Kier molecular flexibility index (Phi) is 61.1. The highest BCUT2D eigenvalue weighted by atomic mass is 16.3. The lowest BCUT2D eigenvalue weighted by Gasteiger charge is -2.27. The SMILES string of the molecule is CCCCCCCCCCCCCCCC/C=C\CCCCCCCCCCCCCCCCCCC(O)C(=O)NC(CO)C(O)C(O)CCCCCCCCCCCCCCCCCCCCCCCCC. The molecule has 0 saturated heterocycles. The van der Waals surface area contributed by atoms with Gasteiger partial charge in [0, 0.05) is 0 Å². The summed E-state index contributed by atoms with van der Waals surface area (Å²) in [7, 11) is 0. The second-order valence-electron chi connectivity index (χ2n) is 23.5. The highest BCUT2D eigenvalue weighted by Gasteiger charge is 2.28. The zero-order valence-corrected chi connectivity index (χ0v) is 49.7. The lowest BCUT2D eigenvalue weighted by atomic mass is 9.99. The Balaban J connectivity index is 3.53. The molecule has 1 amide bonds. The molecule has 0 spiro atoms. The van der Waals surface area contributed by atoms with Crippen LogP contribution in [0.25, 0.3) is 0 Å². The molecule has 0 fully saturated rings. The molecule has 0 radical (unpaired) electrons. The summed E-state index contributed by atoms with van der Waals surface area (Å²) in [5.74, 6) is -0.575. The van der Waals surface area contributed by atoms with Gasteiger partial charge in [-0.15, -0.1) is 0 Å². The molecule has 0 aliphatic heterocycles. The van der Waals surface area contributed by atoms with Gasteiger partial charge in [0.2, 0.25) is 5.91 Å². The van der Waals surface area contributed by atoms with E-state index in [2.05, 4.69) is 31.3 Å². The first-order valence-corrected chi connectivity index (χ1v) is 33.6. The van der Waals surface area contributed by atoms with Gasteiger partial charge in [-0.3, -0.25) is 4.79 Å². The average Bonchev–Trinajstić information content (AvgIpc) is 3.40. The molecular formula is C67H133NO5. The summed E-state index contributed by atoms with van der Waals surface area (Å²) in [4.78, 5) is 12.6. The lowest BCUT2D eigenvalue weighted by Crippen LogP contribution is -2.53. The molecule has 0 aromatic carbocycles. The third-order valence-corrected chi connectivity index (χ3v) is 16.2. The van der Waals surface area contributed by atoms with E-state index < -0.39 is 36.9 Å². The molecule has 0 aliphatic rings. The second-order valence-corrected chi connectivity index (χ2v) is 23.5. The van der Waals surface area contributed by atoms with Gasteiger partial charge in [-0.25, -0.2) is 0 Å². The van der Waals surface area contributed by atoms with Gasteiger partial charge < -0.3 is 25.7 Å². The van der Waals surface area contributed by atoms with Crippen LogP contribution in [-0.2, 0) is 4.79 Å². The highest BCUT2D eigenvalue weighted by molar-refractivity contribution is 5.80. The van der Waals surface area contributed by atoms with E-state index in [-0.39, 0.29) is 0 Å². The number of rotatable bonds is 63. The van der Waals surface area contributed by atoms with Crippen molar-refractivity contribution in [2.75, 3.05) is 6.61 Å². The van der Waals surface area contributed by atoms with Crippen LogP contribution in [0.4, 0.5) is 0 Å². The van der Waals surface area contributed by atoms with Crippen LogP contribution >= 0.6 is 0 Å². The molecule has 6 heteroatoms. The quantitative estimate of drug-likeness (QED) is 0.0308. The van der Waals surface area contributed by atoms with Crippen LogP contribution in [0.15, 0.2) is 12.2 Å². The van der Waals surface area contributed by atoms with E-state index in [1.807, 2.05) is 0 Å². The summed E-state index contributed by atoms with van der Waals surface area (Å²) >= 11 is 0. The standard InChI is InChI=1S/C67H133NO5/c1-3-5-7-9-11-13-15-17-19-21-23-25-27-28-29-30-31-32-33-34-35-36-37-39-41-43-45-47-49-51-53-55-57-59-61-65(71)67(73)68-63(62-69)66(72)64(70)60-58-56-54-52-50-48-46-44-42-40-38-26-24-22-20-18-16-14-12-10-8-6-4-2/h30-31,63-66,69-72H,3-29,32-62H2,1-2H3,(H,68,73)/b31-30-. The van der Waals surface area contributed by atoms with Gasteiger partial charge >= 0.3 is 0 Å². The predicted molar refractivity (Wildman–Crippen MR) is 321 cm³/mol. The van der Waals surface area contributed by atoms with Crippen molar-refractivity contribution < 1.29 is 25.2 Å². The summed E-state index contributed by atoms with van der Waals surface area (Å²) < 4.78 is 0. The topological polar surface area (TPSA) is 110 Å². The Morgan fingerprint density at radius 2 is 0.548 bits per heavy atom. The molecular weight excluding hydrogens is 899 g/mol. The Hall–Kier alpha value is -0.950. The highest BCUT2D eigenvalue weighted by Crippen LogP contribution is 2.19. The average molecular weight is 1030 g/mol. The molecule has 0 bridgehead atoms. The zero-order chi connectivity index (χ0) is 53.0. The van der Waals surface area contributed by atoms with Gasteiger partial charge in [-0.05, 0) is 38.5 Å². The molecule has 436 valence electrons. The first-order chi connectivity index (χ1) is 36.0. The maximum absolute atomic E-state index is 12.6. The minimum absolute atomic E-state index is 0.374. The number of aliphatic hydroxyl groups excluding tert-OH is 4. The van der Waals surface area contributed by atoms with Crippen molar-refractivity contribution in [2.24, 2.45) is 0 Å². The summed E-state index contributed by atoms with van der Waals surface area (Å²) in [6.45, 7) is 4.11. The number of hydrogen-bond acceptors (Lipinski definition) is 5. The molecule has 6 nitrogen and oxygen atoms in total. The van der Waals surface area contributed by atoms with Crippen LogP contribution in [0.1, 0.15) is 380 Å². The monoisotopic (exact) mass is 1030 g/mol. The number of aliphatic hydroxyl groups is 4. The molecule has 5 N–H and O–H groups in total. The fourth-order valence-electron chi connectivity index (χ4n) is 11.0. The number of carbonyl (C=O) groups is 1. The Bertz CT molecular complexity index is 1070. The van der Waals surface area contributed by atoms with Gasteiger partial charge in [-0.2, -0.15) is 0 Å². The Labute approximate surface area is 457 Å². The van der Waals surface area contributed by atoms with E-state index in [1.54, 1.807) is 0 Å². The van der Waals surface area contributed by atoms with Crippen molar-refractivity contribution in [3.8, 4) is 0 Å². The number of allylic oxidation sites excluding steroid dienone is 2. The van der Waals surface area contributed by atoms with E-state index >= 15 is 0 Å². The predicted octanol–water partition coefficient (Wildman–Crippen LogP) is 20.4. The normalized spacial score (nSPS) is 13.6. The van der Waals surface area contributed by atoms with E-state index in [4.69, 9.17) is 0 Å². The van der Waals surface area contributed by atoms with Gasteiger partial charge in [-0.1, -0.05) is 353 Å². The van der Waals surface area contributed by atoms with Crippen molar-refractivity contribution in [1.29, 1.82) is 0 Å². The maximum Gasteiger partial charge on any atom is 0.249 e. The van der Waals surface area contributed by atoms with Crippen LogP contribution in [0.3, 0.4) is 0 Å². The molecule has 0 aliphatic carbocycles. The lowest BCUT2D eigenvalue weighted by molar-refractivity contribution is -0.132. The number of nitrogens with one attached hydrogen (secondary N) is 1. The van der Waals surface area contributed by atoms with Crippen LogP contribution in [-0.4, -0.2) is 57.3 Å². The minimum atomic E-state index is -1.26. The van der Waals surface area contributed by atoms with Crippen molar-refractivity contribution in [3.63, 3.8) is 0 Å². The maximum atomic E-state index is 12.6. The van der Waals surface area contributed by atoms with Gasteiger partial charge in [0.15, 0.2) is 0 Å². The second kappa shape index (κ2) is 61.9. The number of unbranched alkanes of at least 4 members (excludes halogenated alkanes) is 52. The Morgan fingerprint density at radius 3 is 0.795 bits per heavy atom. The minimum Gasteiger partial charge on any atom is -0.394 e. The zero-order valence-electron chi connectivity index (χ0n) is 49.7. The molecule has 0 heterocycles. The van der Waals surface area contributed by atoms with Crippen LogP contribution in [0, 0.1) is 0 Å². The first kappa shape index (κ1) is 72.0. The largest absolute Gasteiger partial charge is 0.394 e. The van der Waals surface area contributed by atoms with Crippen LogP contribution < -0.4 is 5.32 Å². The summed E-state index contributed by atoms with van der Waals surface area (Å²) in [5, 5.41) is 44.2. The van der Waals surface area contributed by atoms with Crippen LogP contribution in [0.5, 0.6) is 0 Å². The fourth-order valence-corrected chi connectivity index (χ4v) is 11.0. The summed E-state index contributed by atoms with van der Waals surface area (Å²) in [6, 6.07) is -0.984. The smallest absolute Gasteiger partial charge is 0.249 e. The number of carbonyl (C=O) groups excluding carboxylic acids is 1. The molecule has 73 heavy (non-hydrogen) atoms. The van der Waals surface area contributed by atoms with Gasteiger partial charge in [0.25, 0.3) is 0 Å². The number of hydrogen-bond donors (Lipinski definition) is 5. The van der Waals surface area contributed by atoms with E-state index in [0.717, 1.165) is 38.5 Å². The van der Waals surface area contributed by atoms with E-state index in [0.29, 0.717) is 12.8 Å². The van der Waals surface area contributed by atoms with Gasteiger partial charge in [0.05, 0.1) is 18.8 Å². The third-order valence-electron chi connectivity index (χ3n) is 16.2. The first-order valence-electron chi connectivity index (χ1n) is 33.6. The molecule has 4 unspecified atom stereocenters. The van der Waals surface area contributed by atoms with Crippen molar-refractivity contribution >= 4 is 5.91 Å². The fraction of sp³-hybridized carbons (Fsp3) is 0.955. The molecule has 0 aromatic heterocycles. The number of amides is 1. The Morgan fingerprint density at radius 1 is 0.329 bits per heavy atom. The van der Waals surface area contributed by atoms with Crippen LogP contribution in [0.2, 0.25) is 0 Å². The molecule has 0 aromatic rings.